The number of hydrogen-bond acceptors (Lipinski definition) is 4. The first kappa shape index (κ1) is 12.8. The number of hydrogen-bond donors (Lipinski definition) is 1. The quantitative estimate of drug-likeness (QED) is 0.836. The summed E-state index contributed by atoms with van der Waals surface area (Å²) in [5.41, 5.74) is -0.705. The molecule has 0 amide bonds. The van der Waals surface area contributed by atoms with Crippen molar-refractivity contribution in [3.8, 4) is 0 Å². The molecule has 5 heteroatoms. The summed E-state index contributed by atoms with van der Waals surface area (Å²) in [7, 11) is 1.32. The average Bonchev–Trinajstić information content (AvgIpc) is 2.41. The van der Waals surface area contributed by atoms with Crippen LogP contribution in [0.3, 0.4) is 0 Å². The van der Waals surface area contributed by atoms with Gasteiger partial charge in [0.25, 0.3) is 0 Å². The Labute approximate surface area is 105 Å². The van der Waals surface area contributed by atoms with E-state index < -0.39 is 17.3 Å². The van der Waals surface area contributed by atoms with Crippen molar-refractivity contribution in [1.29, 1.82) is 0 Å². The van der Waals surface area contributed by atoms with Crippen LogP contribution in [0.15, 0.2) is 24.3 Å². The van der Waals surface area contributed by atoms with Gasteiger partial charge in [-0.05, 0) is 25.0 Å². The third-order valence-corrected chi connectivity index (χ3v) is 3.06. The van der Waals surface area contributed by atoms with Gasteiger partial charge in [0.1, 0.15) is 5.82 Å². The first-order valence-electron chi connectivity index (χ1n) is 5.87. The van der Waals surface area contributed by atoms with Crippen molar-refractivity contribution in [2.75, 3.05) is 25.6 Å². The molecule has 0 aliphatic carbocycles. The third kappa shape index (κ3) is 2.46. The number of ether oxygens (including phenoxy) is 2. The van der Waals surface area contributed by atoms with Gasteiger partial charge >= 0.3 is 5.97 Å². The van der Waals surface area contributed by atoms with E-state index in [-0.39, 0.29) is 12.3 Å². The van der Waals surface area contributed by atoms with Crippen molar-refractivity contribution >= 4 is 11.7 Å². The Balaban J connectivity index is 2.25. The lowest BCUT2D eigenvalue weighted by Gasteiger charge is -2.35. The van der Waals surface area contributed by atoms with Crippen molar-refractivity contribution in [3.05, 3.63) is 30.1 Å². The number of esters is 1. The van der Waals surface area contributed by atoms with E-state index in [2.05, 4.69) is 5.32 Å². The van der Waals surface area contributed by atoms with Crippen molar-refractivity contribution in [2.24, 2.45) is 0 Å². The molecule has 98 valence electrons. The van der Waals surface area contributed by atoms with Crippen LogP contribution in [0.2, 0.25) is 0 Å². The molecule has 1 aliphatic rings. The summed E-state index contributed by atoms with van der Waals surface area (Å²) in [6.45, 7) is 0.797. The van der Waals surface area contributed by atoms with Gasteiger partial charge in [-0.2, -0.15) is 0 Å². The van der Waals surface area contributed by atoms with Gasteiger partial charge in [0.15, 0.2) is 5.54 Å². The molecule has 1 fully saturated rings. The topological polar surface area (TPSA) is 47.6 Å². The molecule has 1 aliphatic heterocycles. The second-order valence-electron chi connectivity index (χ2n) is 4.33. The summed E-state index contributed by atoms with van der Waals surface area (Å²) in [6.07, 6.45) is 1.30. The maximum Gasteiger partial charge on any atom is 0.333 e. The van der Waals surface area contributed by atoms with Gasteiger partial charge in [-0.25, -0.2) is 9.18 Å². The Morgan fingerprint density at radius 3 is 2.89 bits per heavy atom. The number of methoxy groups -OCH3 is 1. The summed E-state index contributed by atoms with van der Waals surface area (Å²) >= 11 is 0. The predicted molar refractivity (Wildman–Crippen MR) is 64.8 cm³/mol. The molecule has 1 heterocycles. The van der Waals surface area contributed by atoms with Crippen LogP contribution >= 0.6 is 0 Å². The Morgan fingerprint density at radius 1 is 1.50 bits per heavy atom. The molecule has 0 bridgehead atoms. The molecule has 4 nitrogen and oxygen atoms in total. The minimum Gasteiger partial charge on any atom is -0.467 e. The second kappa shape index (κ2) is 5.35. The lowest BCUT2D eigenvalue weighted by molar-refractivity contribution is -0.150. The van der Waals surface area contributed by atoms with E-state index >= 15 is 0 Å². The molecule has 1 aromatic rings. The lowest BCUT2D eigenvalue weighted by Crippen LogP contribution is -2.53. The molecule has 0 aromatic heterocycles. The number of nitrogens with one attached hydrogen (secondary N) is 1. The van der Waals surface area contributed by atoms with Crippen molar-refractivity contribution < 1.29 is 18.7 Å². The Kier molecular flexibility index (Phi) is 3.81. The van der Waals surface area contributed by atoms with Crippen LogP contribution in [0.1, 0.15) is 12.8 Å². The van der Waals surface area contributed by atoms with Gasteiger partial charge in [-0.1, -0.05) is 12.1 Å². The van der Waals surface area contributed by atoms with Crippen molar-refractivity contribution in [3.63, 3.8) is 0 Å². The van der Waals surface area contributed by atoms with Gasteiger partial charge in [-0.15, -0.1) is 0 Å². The van der Waals surface area contributed by atoms with Crippen LogP contribution in [0.25, 0.3) is 0 Å². The van der Waals surface area contributed by atoms with Gasteiger partial charge in [0.2, 0.25) is 0 Å². The molecule has 18 heavy (non-hydrogen) atoms. The van der Waals surface area contributed by atoms with E-state index in [1.54, 1.807) is 18.2 Å². The summed E-state index contributed by atoms with van der Waals surface area (Å²) in [6, 6.07) is 6.24. The summed E-state index contributed by atoms with van der Waals surface area (Å²) in [5, 5.41) is 2.94. The molecule has 1 aromatic carbocycles. The van der Waals surface area contributed by atoms with Gasteiger partial charge in [0.05, 0.1) is 19.4 Å². The van der Waals surface area contributed by atoms with E-state index in [1.165, 1.54) is 13.2 Å². The standard InChI is InChI=1S/C13H16FNO3/c1-17-12(16)13(7-4-8-18-9-13)15-11-6-3-2-5-10(11)14/h2-3,5-6,15H,4,7-9H2,1H3. The second-order valence-corrected chi connectivity index (χ2v) is 4.33. The zero-order valence-corrected chi connectivity index (χ0v) is 10.2. The molecular weight excluding hydrogens is 237 g/mol. The molecule has 1 atom stereocenters. The van der Waals surface area contributed by atoms with Crippen LogP contribution < -0.4 is 5.32 Å². The molecule has 0 radical (unpaired) electrons. The van der Waals surface area contributed by atoms with Crippen LogP contribution in [0, 0.1) is 5.82 Å². The number of carbonyl (C=O) groups is 1. The van der Waals surface area contributed by atoms with Gasteiger partial charge in [-0.3, -0.25) is 0 Å². The monoisotopic (exact) mass is 253 g/mol. The fourth-order valence-corrected chi connectivity index (χ4v) is 2.12. The summed E-state index contributed by atoms with van der Waals surface area (Å²) in [4.78, 5) is 11.9. The number of rotatable bonds is 3. The highest BCUT2D eigenvalue weighted by Gasteiger charge is 2.42. The zero-order valence-electron chi connectivity index (χ0n) is 10.2. The van der Waals surface area contributed by atoms with Crippen LogP contribution in [-0.4, -0.2) is 31.8 Å². The number of anilines is 1. The summed E-state index contributed by atoms with van der Waals surface area (Å²) in [5.74, 6) is -0.822. The smallest absolute Gasteiger partial charge is 0.333 e. The van der Waals surface area contributed by atoms with Gasteiger partial charge < -0.3 is 14.8 Å². The fourth-order valence-electron chi connectivity index (χ4n) is 2.12. The highest BCUT2D eigenvalue weighted by molar-refractivity contribution is 5.85. The molecule has 2 rings (SSSR count). The first-order chi connectivity index (χ1) is 8.68. The number of benzene rings is 1. The first-order valence-corrected chi connectivity index (χ1v) is 5.87. The predicted octanol–water partition coefficient (Wildman–Crippen LogP) is 1.96. The minimum absolute atomic E-state index is 0.188. The highest BCUT2D eigenvalue weighted by Crippen LogP contribution is 2.27. The largest absolute Gasteiger partial charge is 0.467 e. The Morgan fingerprint density at radius 2 is 2.28 bits per heavy atom. The Hall–Kier alpha value is -1.62. The highest BCUT2D eigenvalue weighted by atomic mass is 19.1. The molecule has 0 spiro atoms. The third-order valence-electron chi connectivity index (χ3n) is 3.06. The molecule has 1 saturated heterocycles. The fraction of sp³-hybridized carbons (Fsp3) is 0.462. The SMILES string of the molecule is COC(=O)C1(Nc2ccccc2F)CCCOC1. The lowest BCUT2D eigenvalue weighted by atomic mass is 9.92. The minimum atomic E-state index is -0.991. The molecule has 1 unspecified atom stereocenters. The van der Waals surface area contributed by atoms with E-state index in [9.17, 15) is 9.18 Å². The normalized spacial score (nSPS) is 23.4. The maximum absolute atomic E-state index is 13.6. The van der Waals surface area contributed by atoms with Crippen LogP contribution in [0.4, 0.5) is 10.1 Å². The molecule has 0 saturated carbocycles. The average molecular weight is 253 g/mol. The van der Waals surface area contributed by atoms with E-state index in [1.807, 2.05) is 0 Å². The maximum atomic E-state index is 13.6. The van der Waals surface area contributed by atoms with E-state index in [0.717, 1.165) is 6.42 Å². The van der Waals surface area contributed by atoms with E-state index in [0.29, 0.717) is 13.0 Å². The molecule has 1 N–H and O–H groups in total. The number of carbonyl (C=O) groups excluding carboxylic acids is 1. The van der Waals surface area contributed by atoms with Crippen LogP contribution in [-0.2, 0) is 14.3 Å². The van der Waals surface area contributed by atoms with E-state index in [4.69, 9.17) is 9.47 Å². The zero-order chi connectivity index (χ0) is 13.0. The number of para-hydroxylation sites is 1. The number of halogens is 1. The Bertz CT molecular complexity index is 430. The summed E-state index contributed by atoms with van der Waals surface area (Å²) < 4.78 is 23.8. The van der Waals surface area contributed by atoms with Crippen molar-refractivity contribution in [1.82, 2.24) is 0 Å². The van der Waals surface area contributed by atoms with Crippen LogP contribution in [0.5, 0.6) is 0 Å². The van der Waals surface area contributed by atoms with Crippen molar-refractivity contribution in [2.45, 2.75) is 18.4 Å². The van der Waals surface area contributed by atoms with Gasteiger partial charge in [0, 0.05) is 6.61 Å². The molecular formula is C13H16FNO3.